The maximum atomic E-state index is 13.0. The molecule has 180 valence electrons. The van der Waals surface area contributed by atoms with Gasteiger partial charge in [-0.25, -0.2) is 9.97 Å². The Labute approximate surface area is 203 Å². The first-order chi connectivity index (χ1) is 16.6. The third-order valence-electron chi connectivity index (χ3n) is 5.57. The molecule has 0 fully saturated rings. The molecule has 1 aromatic carbocycles. The molecule has 0 unspecified atom stereocenters. The molecule has 35 heavy (non-hydrogen) atoms. The molecule has 0 atom stereocenters. The summed E-state index contributed by atoms with van der Waals surface area (Å²) in [6.45, 7) is 3.97. The summed E-state index contributed by atoms with van der Waals surface area (Å²) >= 11 is 6.36. The summed E-state index contributed by atoms with van der Waals surface area (Å²) < 4.78 is 48.2. The summed E-state index contributed by atoms with van der Waals surface area (Å²) in [6.07, 6.45) is 0.149. The second-order valence-corrected chi connectivity index (χ2v) is 8.84. The summed E-state index contributed by atoms with van der Waals surface area (Å²) in [6, 6.07) is 8.97. The third-order valence-corrected chi connectivity index (χ3v) is 5.85. The van der Waals surface area contributed by atoms with E-state index >= 15 is 0 Å². The van der Waals surface area contributed by atoms with Gasteiger partial charge in [-0.05, 0) is 25.5 Å². The lowest BCUT2D eigenvalue weighted by Crippen LogP contribution is -2.04. The zero-order valence-corrected chi connectivity index (χ0v) is 19.8. The first-order valence-corrected chi connectivity index (χ1v) is 11.2. The van der Waals surface area contributed by atoms with Crippen molar-refractivity contribution in [2.24, 2.45) is 7.05 Å². The van der Waals surface area contributed by atoms with Gasteiger partial charge in [0.25, 0.3) is 0 Å². The lowest BCUT2D eigenvalue weighted by atomic mass is 10.1. The highest BCUT2D eigenvalue weighted by Crippen LogP contribution is 2.33. The fourth-order valence-corrected chi connectivity index (χ4v) is 4.12. The van der Waals surface area contributed by atoms with Crippen molar-refractivity contribution in [1.29, 1.82) is 0 Å². The summed E-state index contributed by atoms with van der Waals surface area (Å²) in [5.74, 6) is 0.596. The normalized spacial score (nSPS) is 12.2. The van der Waals surface area contributed by atoms with E-state index in [1.807, 2.05) is 26.0 Å². The number of aromatic nitrogens is 6. The Morgan fingerprint density at radius 1 is 1.09 bits per heavy atom. The predicted molar refractivity (Wildman–Crippen MR) is 125 cm³/mol. The van der Waals surface area contributed by atoms with E-state index in [0.29, 0.717) is 45.4 Å². The molecule has 0 spiro atoms. The third kappa shape index (κ3) is 4.29. The van der Waals surface area contributed by atoms with Crippen LogP contribution in [0.15, 0.2) is 53.3 Å². The number of aryl methyl sites for hydroxylation is 1. The minimum Gasteiger partial charge on any atom is -0.433 e. The summed E-state index contributed by atoms with van der Waals surface area (Å²) in [5.41, 5.74) is 3.02. The van der Waals surface area contributed by atoms with Crippen molar-refractivity contribution in [3.63, 3.8) is 0 Å². The standard InChI is InChI=1S/C24H20ClF3N6O/c1-13(2)34-20(16(25)11-30-34)23-31-17-8-9-29-18(21(17)35-23)10-14-4-6-15(7-5-14)22-32-19(12-33(22)3)24(26,27)28/h4-9,11-13H,10H2,1-3H3. The van der Waals surface area contributed by atoms with E-state index in [2.05, 4.69) is 20.1 Å². The molecule has 0 saturated heterocycles. The van der Waals surface area contributed by atoms with Crippen molar-refractivity contribution in [1.82, 2.24) is 29.3 Å². The van der Waals surface area contributed by atoms with Crippen LogP contribution in [0.5, 0.6) is 0 Å². The number of rotatable bonds is 5. The minimum absolute atomic E-state index is 0.0644. The van der Waals surface area contributed by atoms with Gasteiger partial charge in [0.2, 0.25) is 5.89 Å². The van der Waals surface area contributed by atoms with Crippen LogP contribution in [0.4, 0.5) is 13.2 Å². The molecule has 0 saturated carbocycles. The number of benzene rings is 1. The molecule has 5 aromatic rings. The molecule has 0 amide bonds. The Balaban J connectivity index is 1.45. The highest BCUT2D eigenvalue weighted by atomic mass is 35.5. The first kappa shape index (κ1) is 23.1. The number of fused-ring (bicyclic) bond motifs is 1. The molecule has 0 bridgehead atoms. The van der Waals surface area contributed by atoms with Gasteiger partial charge >= 0.3 is 6.18 Å². The molecule has 0 radical (unpaired) electrons. The van der Waals surface area contributed by atoms with E-state index in [-0.39, 0.29) is 11.9 Å². The van der Waals surface area contributed by atoms with E-state index in [0.717, 1.165) is 11.8 Å². The number of hydrogen-bond donors (Lipinski definition) is 0. The average Bonchev–Trinajstić information content (AvgIpc) is 3.50. The Morgan fingerprint density at radius 2 is 1.83 bits per heavy atom. The Bertz CT molecular complexity index is 1510. The fraction of sp³-hybridized carbons (Fsp3) is 0.250. The summed E-state index contributed by atoms with van der Waals surface area (Å²) in [7, 11) is 1.54. The number of pyridine rings is 1. The molecule has 0 N–H and O–H groups in total. The van der Waals surface area contributed by atoms with Gasteiger partial charge in [0.1, 0.15) is 17.0 Å². The van der Waals surface area contributed by atoms with Crippen molar-refractivity contribution in [2.75, 3.05) is 0 Å². The number of halogens is 4. The Morgan fingerprint density at radius 3 is 2.49 bits per heavy atom. The largest absolute Gasteiger partial charge is 0.434 e. The zero-order chi connectivity index (χ0) is 24.9. The van der Waals surface area contributed by atoms with Crippen LogP contribution in [0, 0.1) is 0 Å². The van der Waals surface area contributed by atoms with Gasteiger partial charge in [-0.15, -0.1) is 0 Å². The highest BCUT2D eigenvalue weighted by molar-refractivity contribution is 6.32. The van der Waals surface area contributed by atoms with Gasteiger partial charge < -0.3 is 8.98 Å². The van der Waals surface area contributed by atoms with Crippen LogP contribution in [-0.2, 0) is 19.6 Å². The fourth-order valence-electron chi connectivity index (χ4n) is 3.90. The first-order valence-electron chi connectivity index (χ1n) is 10.8. The van der Waals surface area contributed by atoms with Gasteiger partial charge in [-0.2, -0.15) is 18.3 Å². The molecule has 5 rings (SSSR count). The number of nitrogens with zero attached hydrogens (tertiary/aromatic N) is 6. The van der Waals surface area contributed by atoms with Crippen LogP contribution < -0.4 is 0 Å². The quantitative estimate of drug-likeness (QED) is 0.282. The molecule has 0 aliphatic carbocycles. The zero-order valence-electron chi connectivity index (χ0n) is 19.0. The van der Waals surface area contributed by atoms with Crippen molar-refractivity contribution in [3.05, 3.63) is 70.9 Å². The molecule has 0 aliphatic heterocycles. The molecule has 11 heteroatoms. The average molecular weight is 501 g/mol. The van der Waals surface area contributed by atoms with E-state index in [4.69, 9.17) is 16.0 Å². The maximum Gasteiger partial charge on any atom is 0.434 e. The van der Waals surface area contributed by atoms with Crippen molar-refractivity contribution < 1.29 is 17.6 Å². The second kappa shape index (κ2) is 8.53. The van der Waals surface area contributed by atoms with Crippen LogP contribution in [0.3, 0.4) is 0 Å². The minimum atomic E-state index is -4.49. The molecular formula is C24H20ClF3N6O. The smallest absolute Gasteiger partial charge is 0.433 e. The molecule has 4 aromatic heterocycles. The monoisotopic (exact) mass is 500 g/mol. The lowest BCUT2D eigenvalue weighted by Gasteiger charge is -2.08. The summed E-state index contributed by atoms with van der Waals surface area (Å²) in [5, 5.41) is 4.75. The van der Waals surface area contributed by atoms with Crippen molar-refractivity contribution >= 4 is 22.7 Å². The van der Waals surface area contributed by atoms with Crippen molar-refractivity contribution in [3.8, 4) is 23.0 Å². The van der Waals surface area contributed by atoms with E-state index < -0.39 is 11.9 Å². The predicted octanol–water partition coefficient (Wildman–Crippen LogP) is 6.33. The second-order valence-electron chi connectivity index (χ2n) is 8.44. The van der Waals surface area contributed by atoms with Gasteiger partial charge in [0, 0.05) is 37.5 Å². The van der Waals surface area contributed by atoms with Gasteiger partial charge in [0.15, 0.2) is 11.3 Å². The number of hydrogen-bond acceptors (Lipinski definition) is 5. The van der Waals surface area contributed by atoms with Crippen LogP contribution >= 0.6 is 11.6 Å². The van der Waals surface area contributed by atoms with Crippen LogP contribution in [0.2, 0.25) is 5.02 Å². The van der Waals surface area contributed by atoms with Crippen LogP contribution in [0.1, 0.15) is 36.8 Å². The van der Waals surface area contributed by atoms with Crippen molar-refractivity contribution in [2.45, 2.75) is 32.5 Å². The van der Waals surface area contributed by atoms with E-state index in [1.165, 1.54) is 11.6 Å². The Kier molecular flexibility index (Phi) is 5.63. The topological polar surface area (TPSA) is 74.6 Å². The van der Waals surface area contributed by atoms with Crippen LogP contribution in [-0.4, -0.2) is 29.3 Å². The van der Waals surface area contributed by atoms with E-state index in [1.54, 1.807) is 35.3 Å². The van der Waals surface area contributed by atoms with E-state index in [9.17, 15) is 13.2 Å². The molecular weight excluding hydrogens is 481 g/mol. The number of imidazole rings is 1. The van der Waals surface area contributed by atoms with Gasteiger partial charge in [0.05, 0.1) is 16.9 Å². The summed E-state index contributed by atoms with van der Waals surface area (Å²) in [4.78, 5) is 12.8. The number of oxazole rings is 1. The lowest BCUT2D eigenvalue weighted by molar-refractivity contribution is -0.140. The molecule has 0 aliphatic rings. The van der Waals surface area contributed by atoms with Gasteiger partial charge in [-0.1, -0.05) is 35.9 Å². The molecule has 4 heterocycles. The van der Waals surface area contributed by atoms with Gasteiger partial charge in [-0.3, -0.25) is 9.67 Å². The highest BCUT2D eigenvalue weighted by Gasteiger charge is 2.34. The maximum absolute atomic E-state index is 13.0. The Hall–Kier alpha value is -3.66. The van der Waals surface area contributed by atoms with Crippen LogP contribution in [0.25, 0.3) is 34.1 Å². The SMILES string of the molecule is CC(C)n1ncc(Cl)c1-c1nc2ccnc(Cc3ccc(-c4nc(C(F)(F)F)cn4C)cc3)c2o1. The number of alkyl halides is 3. The molecule has 7 nitrogen and oxygen atoms in total.